The Morgan fingerprint density at radius 2 is 1.74 bits per heavy atom. The number of urea groups is 1. The van der Waals surface area contributed by atoms with Gasteiger partial charge in [-0.2, -0.15) is 0 Å². The molecule has 0 saturated carbocycles. The number of carbonyl (C=O) groups excluding carboxylic acids is 2. The highest BCUT2D eigenvalue weighted by Gasteiger charge is 2.17. The molecule has 0 unspecified atom stereocenters. The van der Waals surface area contributed by atoms with E-state index in [2.05, 4.69) is 30.6 Å². The smallest absolute Gasteiger partial charge is 0.314 e. The van der Waals surface area contributed by atoms with Crippen LogP contribution in [0.4, 0.5) is 4.79 Å². The number of carboxylic acid groups (broad SMARTS) is 1. The summed E-state index contributed by atoms with van der Waals surface area (Å²) in [6.07, 6.45) is 8.96. The Morgan fingerprint density at radius 1 is 1.14 bits per heavy atom. The van der Waals surface area contributed by atoms with Crippen molar-refractivity contribution in [2.24, 2.45) is 5.73 Å². The normalized spacial score (nSPS) is 12.2. The van der Waals surface area contributed by atoms with Gasteiger partial charge in [0.05, 0.1) is 0 Å². The van der Waals surface area contributed by atoms with E-state index in [4.69, 9.17) is 10.8 Å². The molecule has 0 aliphatic carbocycles. The van der Waals surface area contributed by atoms with Crippen LogP contribution in [0, 0.1) is 6.92 Å². The number of rotatable bonds is 6. The minimum absolute atomic E-state index is 0.152. The van der Waals surface area contributed by atoms with E-state index in [9.17, 15) is 14.4 Å². The first kappa shape index (κ1) is 31.2. The SMILES string of the molecule is C=Cc1[nH]cc(CCC(=O)O)c1/C=C\C.CC.Cc1ccccc1.NC(=O)N1CCN(C=O)CC1. The van der Waals surface area contributed by atoms with Gasteiger partial charge in [0.1, 0.15) is 0 Å². The molecule has 192 valence electrons. The standard InChI is InChI=1S/C12H15NO2.C7H8.C6H11N3O2.C2H6/c1-3-5-10-9(6-7-12(14)15)8-13-11(10)4-2;1-7-5-3-2-4-6-7;7-6(11)9-3-1-8(5-10)2-4-9;1-2/h3-5,8,13H,2,6-7H2,1H3,(H,14,15);2-6H,1H3;5H,1-4H2,(H2,7,11);1-2H3/b5-3-;;;. The average molecular weight is 485 g/mol. The highest BCUT2D eigenvalue weighted by atomic mass is 16.4. The molecule has 1 aliphatic heterocycles. The van der Waals surface area contributed by atoms with Crippen molar-refractivity contribution in [2.45, 2.75) is 40.5 Å². The molecule has 2 heterocycles. The molecule has 1 aliphatic rings. The quantitative estimate of drug-likeness (QED) is 0.520. The van der Waals surface area contributed by atoms with Gasteiger partial charge < -0.3 is 25.6 Å². The first-order valence-corrected chi connectivity index (χ1v) is 11.7. The second-order valence-electron chi connectivity index (χ2n) is 7.36. The van der Waals surface area contributed by atoms with E-state index in [-0.39, 0.29) is 6.42 Å². The van der Waals surface area contributed by atoms with Crippen LogP contribution in [0.5, 0.6) is 0 Å². The molecule has 0 radical (unpaired) electrons. The van der Waals surface area contributed by atoms with Crippen LogP contribution < -0.4 is 5.73 Å². The molecule has 1 fully saturated rings. The highest BCUT2D eigenvalue weighted by Crippen LogP contribution is 2.18. The maximum Gasteiger partial charge on any atom is 0.314 e. The molecule has 8 nitrogen and oxygen atoms in total. The number of aryl methyl sites for hydroxylation is 2. The summed E-state index contributed by atoms with van der Waals surface area (Å²) >= 11 is 0. The molecule has 0 atom stereocenters. The van der Waals surface area contributed by atoms with Crippen LogP contribution in [0.15, 0.2) is 49.2 Å². The summed E-state index contributed by atoms with van der Waals surface area (Å²) in [5.41, 5.74) is 9.35. The minimum atomic E-state index is -0.775. The third kappa shape index (κ3) is 12.9. The van der Waals surface area contributed by atoms with Gasteiger partial charge in [-0.05, 0) is 31.9 Å². The number of aromatic amines is 1. The van der Waals surface area contributed by atoms with Gasteiger partial charge in [-0.1, -0.05) is 68.5 Å². The summed E-state index contributed by atoms with van der Waals surface area (Å²) in [6.45, 7) is 14.0. The molecule has 2 aromatic rings. The summed E-state index contributed by atoms with van der Waals surface area (Å²) in [5.74, 6) is -0.775. The predicted molar refractivity (Wildman–Crippen MR) is 143 cm³/mol. The zero-order valence-corrected chi connectivity index (χ0v) is 21.4. The van der Waals surface area contributed by atoms with Crippen LogP contribution in [-0.2, 0) is 16.0 Å². The van der Waals surface area contributed by atoms with Crippen molar-refractivity contribution in [3.05, 3.63) is 71.6 Å². The van der Waals surface area contributed by atoms with Crippen molar-refractivity contribution in [3.8, 4) is 0 Å². The molecule has 35 heavy (non-hydrogen) atoms. The Kier molecular flexibility index (Phi) is 16.6. The maximum atomic E-state index is 10.6. The lowest BCUT2D eigenvalue weighted by atomic mass is 10.1. The van der Waals surface area contributed by atoms with E-state index in [0.717, 1.165) is 23.2 Å². The number of allylic oxidation sites excluding steroid dienone is 1. The first-order chi connectivity index (χ1) is 16.8. The van der Waals surface area contributed by atoms with Gasteiger partial charge in [-0.3, -0.25) is 9.59 Å². The molecule has 8 heteroatoms. The average Bonchev–Trinajstić information content (AvgIpc) is 3.27. The van der Waals surface area contributed by atoms with Crippen molar-refractivity contribution in [1.29, 1.82) is 0 Å². The number of carboxylic acids is 1. The van der Waals surface area contributed by atoms with Crippen molar-refractivity contribution in [3.63, 3.8) is 0 Å². The van der Waals surface area contributed by atoms with Gasteiger partial charge in [-0.15, -0.1) is 0 Å². The summed E-state index contributed by atoms with van der Waals surface area (Å²) in [5, 5.41) is 8.61. The monoisotopic (exact) mass is 484 g/mol. The van der Waals surface area contributed by atoms with E-state index in [0.29, 0.717) is 32.6 Å². The molecular formula is C27H40N4O4. The van der Waals surface area contributed by atoms with Crippen molar-refractivity contribution in [2.75, 3.05) is 26.2 Å². The number of hydrogen-bond acceptors (Lipinski definition) is 3. The van der Waals surface area contributed by atoms with E-state index >= 15 is 0 Å². The fourth-order valence-corrected chi connectivity index (χ4v) is 3.06. The molecular weight excluding hydrogens is 444 g/mol. The number of benzene rings is 1. The van der Waals surface area contributed by atoms with Crippen LogP contribution in [0.25, 0.3) is 12.2 Å². The third-order valence-electron chi connectivity index (χ3n) is 4.90. The van der Waals surface area contributed by atoms with Crippen LogP contribution in [0.2, 0.25) is 0 Å². The lowest BCUT2D eigenvalue weighted by Crippen LogP contribution is -2.49. The van der Waals surface area contributed by atoms with Crippen LogP contribution in [0.3, 0.4) is 0 Å². The Labute approximate surface area is 209 Å². The molecule has 1 aromatic carbocycles. The summed E-state index contributed by atoms with van der Waals surface area (Å²) in [6, 6.07) is 9.85. The minimum Gasteiger partial charge on any atom is -0.481 e. The first-order valence-electron chi connectivity index (χ1n) is 11.7. The number of piperazine rings is 1. The molecule has 3 rings (SSSR count). The maximum absolute atomic E-state index is 10.6. The number of H-pyrrole nitrogens is 1. The topological polar surface area (TPSA) is 120 Å². The van der Waals surface area contributed by atoms with Crippen molar-refractivity contribution >= 4 is 30.6 Å². The molecule has 1 aromatic heterocycles. The Balaban J connectivity index is 0.000000506. The van der Waals surface area contributed by atoms with E-state index < -0.39 is 12.0 Å². The number of aliphatic carboxylic acids is 1. The number of hydrogen-bond donors (Lipinski definition) is 3. The van der Waals surface area contributed by atoms with Gasteiger partial charge in [0.2, 0.25) is 6.41 Å². The van der Waals surface area contributed by atoms with E-state index in [1.54, 1.807) is 11.0 Å². The predicted octanol–water partition coefficient (Wildman–Crippen LogP) is 4.57. The fraction of sp³-hybridized carbons (Fsp3) is 0.370. The van der Waals surface area contributed by atoms with Crippen LogP contribution in [0.1, 0.15) is 49.6 Å². The van der Waals surface area contributed by atoms with Gasteiger partial charge in [-0.25, -0.2) is 4.79 Å². The van der Waals surface area contributed by atoms with Gasteiger partial charge in [0, 0.05) is 50.1 Å². The summed E-state index contributed by atoms with van der Waals surface area (Å²) < 4.78 is 0. The Morgan fingerprint density at radius 3 is 2.14 bits per heavy atom. The fourth-order valence-electron chi connectivity index (χ4n) is 3.06. The lowest BCUT2D eigenvalue weighted by molar-refractivity contribution is -0.137. The number of nitrogens with zero attached hydrogens (tertiary/aromatic N) is 2. The number of nitrogens with one attached hydrogen (secondary N) is 1. The van der Waals surface area contributed by atoms with Crippen LogP contribution in [-0.4, -0.2) is 64.5 Å². The third-order valence-corrected chi connectivity index (χ3v) is 4.90. The number of aromatic nitrogens is 1. The highest BCUT2D eigenvalue weighted by molar-refractivity contribution is 5.72. The van der Waals surface area contributed by atoms with Gasteiger partial charge >= 0.3 is 12.0 Å². The molecule has 4 N–H and O–H groups in total. The van der Waals surface area contributed by atoms with E-state index in [1.807, 2.05) is 57.3 Å². The number of amides is 3. The molecule has 0 spiro atoms. The second kappa shape index (κ2) is 18.6. The summed E-state index contributed by atoms with van der Waals surface area (Å²) in [4.78, 5) is 37.5. The molecule has 0 bridgehead atoms. The number of nitrogens with two attached hydrogens (primary N) is 1. The van der Waals surface area contributed by atoms with Crippen molar-refractivity contribution < 1.29 is 19.5 Å². The van der Waals surface area contributed by atoms with Crippen molar-refractivity contribution in [1.82, 2.24) is 14.8 Å². The Bertz CT molecular complexity index is 915. The molecule has 3 amide bonds. The number of primary amides is 1. The van der Waals surface area contributed by atoms with Gasteiger partial charge in [0.15, 0.2) is 0 Å². The zero-order chi connectivity index (χ0) is 26.6. The van der Waals surface area contributed by atoms with Gasteiger partial charge in [0.25, 0.3) is 0 Å². The number of carbonyl (C=O) groups is 3. The zero-order valence-electron chi connectivity index (χ0n) is 21.4. The second-order valence-corrected chi connectivity index (χ2v) is 7.36. The van der Waals surface area contributed by atoms with E-state index in [1.165, 1.54) is 10.5 Å². The van der Waals surface area contributed by atoms with Crippen LogP contribution >= 0.6 is 0 Å². The Hall–Kier alpha value is -3.81. The largest absolute Gasteiger partial charge is 0.481 e. The molecule has 1 saturated heterocycles. The lowest BCUT2D eigenvalue weighted by Gasteiger charge is -2.31. The summed E-state index contributed by atoms with van der Waals surface area (Å²) in [7, 11) is 0.